The summed E-state index contributed by atoms with van der Waals surface area (Å²) in [5.41, 5.74) is 0.108. The molecule has 0 radical (unpaired) electrons. The van der Waals surface area contributed by atoms with Gasteiger partial charge in [-0.25, -0.2) is 4.79 Å². The van der Waals surface area contributed by atoms with Crippen molar-refractivity contribution in [3.8, 4) is 6.07 Å². The monoisotopic (exact) mass is 181 g/mol. The second-order valence-electron chi connectivity index (χ2n) is 2.76. The number of allylic oxidation sites excluding steroid dienone is 1. The molecule has 0 aromatic heterocycles. The summed E-state index contributed by atoms with van der Waals surface area (Å²) in [6.45, 7) is 4.05. The average Bonchev–Trinajstić information content (AvgIpc) is 2.19. The van der Waals surface area contributed by atoms with Gasteiger partial charge >= 0.3 is 5.97 Å². The van der Waals surface area contributed by atoms with Crippen LogP contribution in [0.4, 0.5) is 0 Å². The maximum atomic E-state index is 11.0. The molecule has 0 heterocycles. The maximum Gasteiger partial charge on any atom is 0.348 e. The van der Waals surface area contributed by atoms with Crippen LogP contribution in [0.2, 0.25) is 0 Å². The highest BCUT2D eigenvalue weighted by molar-refractivity contribution is 5.92. The van der Waals surface area contributed by atoms with Crippen molar-refractivity contribution in [2.24, 2.45) is 5.92 Å². The highest BCUT2D eigenvalue weighted by atomic mass is 16.5. The van der Waals surface area contributed by atoms with Crippen LogP contribution in [-0.4, -0.2) is 13.1 Å². The Bertz CT molecular complexity index is 234. The molecule has 0 aliphatic carbocycles. The van der Waals surface area contributed by atoms with Crippen molar-refractivity contribution in [1.82, 2.24) is 0 Å². The number of ether oxygens (including phenoxy) is 1. The predicted octanol–water partition coefficient (Wildman–Crippen LogP) is 2.05. The molecular formula is C10H15NO2. The molecule has 0 bridgehead atoms. The molecule has 0 aliphatic heterocycles. The van der Waals surface area contributed by atoms with Crippen LogP contribution in [0.3, 0.4) is 0 Å². The minimum absolute atomic E-state index is 0.108. The number of nitriles is 1. The van der Waals surface area contributed by atoms with E-state index in [1.165, 1.54) is 7.11 Å². The zero-order valence-corrected chi connectivity index (χ0v) is 8.33. The predicted molar refractivity (Wildman–Crippen MR) is 49.8 cm³/mol. The number of hydrogen-bond acceptors (Lipinski definition) is 3. The summed E-state index contributed by atoms with van der Waals surface area (Å²) in [5.74, 6) is -0.261. The molecule has 0 N–H and O–H groups in total. The molecular weight excluding hydrogens is 166 g/mol. The van der Waals surface area contributed by atoms with Gasteiger partial charge in [-0.2, -0.15) is 5.26 Å². The molecule has 0 saturated heterocycles. The van der Waals surface area contributed by atoms with E-state index < -0.39 is 5.97 Å². The van der Waals surface area contributed by atoms with Crippen molar-refractivity contribution >= 4 is 5.97 Å². The van der Waals surface area contributed by atoms with E-state index in [1.54, 1.807) is 6.08 Å². The van der Waals surface area contributed by atoms with Crippen molar-refractivity contribution < 1.29 is 9.53 Å². The first-order chi connectivity index (χ1) is 6.19. The number of esters is 1. The summed E-state index contributed by atoms with van der Waals surface area (Å²) in [5, 5.41) is 8.65. The van der Waals surface area contributed by atoms with Gasteiger partial charge in [0.1, 0.15) is 11.6 Å². The summed E-state index contributed by atoms with van der Waals surface area (Å²) in [6.07, 6.45) is 3.54. The van der Waals surface area contributed by atoms with Crippen LogP contribution in [0.15, 0.2) is 11.6 Å². The lowest BCUT2D eigenvalue weighted by Gasteiger charge is -2.05. The van der Waals surface area contributed by atoms with E-state index in [1.807, 2.05) is 19.9 Å². The van der Waals surface area contributed by atoms with E-state index in [-0.39, 0.29) is 11.5 Å². The topological polar surface area (TPSA) is 50.1 Å². The number of carbonyl (C=O) groups excluding carboxylic acids is 1. The van der Waals surface area contributed by atoms with Crippen molar-refractivity contribution in [1.29, 1.82) is 5.26 Å². The fourth-order valence-corrected chi connectivity index (χ4v) is 1.02. The molecule has 3 heteroatoms. The van der Waals surface area contributed by atoms with Crippen LogP contribution in [0.1, 0.15) is 26.7 Å². The summed E-state index contributed by atoms with van der Waals surface area (Å²) in [4.78, 5) is 11.0. The molecule has 13 heavy (non-hydrogen) atoms. The Morgan fingerprint density at radius 2 is 2.08 bits per heavy atom. The standard InChI is InChI=1S/C10H15NO2/c1-4-8(5-2)6-9(7-11)10(12)13-3/h6,8H,4-5H2,1-3H3/b9-6+. The Morgan fingerprint density at radius 1 is 1.54 bits per heavy atom. The SMILES string of the molecule is CCC(/C=C(\C#N)C(=O)OC)CC. The molecule has 0 amide bonds. The van der Waals surface area contributed by atoms with E-state index in [0.29, 0.717) is 0 Å². The van der Waals surface area contributed by atoms with Gasteiger partial charge in [-0.3, -0.25) is 0 Å². The van der Waals surface area contributed by atoms with E-state index in [4.69, 9.17) is 5.26 Å². The highest BCUT2D eigenvalue weighted by Gasteiger charge is 2.10. The fraction of sp³-hybridized carbons (Fsp3) is 0.600. The second kappa shape index (κ2) is 6.24. The van der Waals surface area contributed by atoms with Crippen molar-refractivity contribution in [3.63, 3.8) is 0 Å². The Balaban J connectivity index is 4.56. The third kappa shape index (κ3) is 3.75. The van der Waals surface area contributed by atoms with Gasteiger partial charge in [0, 0.05) is 0 Å². The van der Waals surface area contributed by atoms with Gasteiger partial charge in [-0.1, -0.05) is 19.9 Å². The molecule has 0 atom stereocenters. The van der Waals surface area contributed by atoms with Crippen LogP contribution < -0.4 is 0 Å². The maximum absolute atomic E-state index is 11.0. The smallest absolute Gasteiger partial charge is 0.348 e. The molecule has 3 nitrogen and oxygen atoms in total. The summed E-state index contributed by atoms with van der Waals surface area (Å²) >= 11 is 0. The lowest BCUT2D eigenvalue weighted by atomic mass is 10.0. The zero-order chi connectivity index (χ0) is 10.3. The molecule has 0 rings (SSSR count). The Kier molecular flexibility index (Phi) is 5.62. The normalized spacial score (nSPS) is 11.2. The third-order valence-electron chi connectivity index (χ3n) is 1.98. The van der Waals surface area contributed by atoms with Crippen LogP contribution in [0.5, 0.6) is 0 Å². The summed E-state index contributed by atoms with van der Waals surface area (Å²) in [6, 6.07) is 1.84. The Morgan fingerprint density at radius 3 is 2.38 bits per heavy atom. The first-order valence-electron chi connectivity index (χ1n) is 4.39. The summed E-state index contributed by atoms with van der Waals surface area (Å²) in [7, 11) is 1.28. The largest absolute Gasteiger partial charge is 0.465 e. The summed E-state index contributed by atoms with van der Waals surface area (Å²) < 4.78 is 4.46. The van der Waals surface area contributed by atoms with Crippen molar-refractivity contribution in [3.05, 3.63) is 11.6 Å². The van der Waals surface area contributed by atoms with E-state index >= 15 is 0 Å². The molecule has 0 aromatic rings. The molecule has 0 saturated carbocycles. The van der Waals surface area contributed by atoms with Gasteiger partial charge < -0.3 is 4.74 Å². The molecule has 0 fully saturated rings. The number of methoxy groups -OCH3 is 1. The van der Waals surface area contributed by atoms with Gasteiger partial charge in [0.15, 0.2) is 0 Å². The van der Waals surface area contributed by atoms with Gasteiger partial charge in [-0.15, -0.1) is 0 Å². The first kappa shape index (κ1) is 11.7. The van der Waals surface area contributed by atoms with Gasteiger partial charge in [0.2, 0.25) is 0 Å². The Hall–Kier alpha value is -1.30. The molecule has 0 aliphatic rings. The van der Waals surface area contributed by atoms with Crippen molar-refractivity contribution in [2.75, 3.05) is 7.11 Å². The first-order valence-corrected chi connectivity index (χ1v) is 4.39. The molecule has 0 spiro atoms. The lowest BCUT2D eigenvalue weighted by molar-refractivity contribution is -0.135. The lowest BCUT2D eigenvalue weighted by Crippen LogP contribution is -2.05. The van der Waals surface area contributed by atoms with E-state index in [0.717, 1.165) is 12.8 Å². The minimum Gasteiger partial charge on any atom is -0.465 e. The number of hydrogen-bond donors (Lipinski definition) is 0. The van der Waals surface area contributed by atoms with E-state index in [2.05, 4.69) is 4.74 Å². The van der Waals surface area contributed by atoms with Crippen LogP contribution >= 0.6 is 0 Å². The zero-order valence-electron chi connectivity index (χ0n) is 8.33. The fourth-order valence-electron chi connectivity index (χ4n) is 1.02. The van der Waals surface area contributed by atoms with Crippen LogP contribution in [-0.2, 0) is 9.53 Å². The molecule has 0 aromatic carbocycles. The highest BCUT2D eigenvalue weighted by Crippen LogP contribution is 2.12. The second-order valence-corrected chi connectivity index (χ2v) is 2.76. The van der Waals surface area contributed by atoms with Crippen LogP contribution in [0.25, 0.3) is 0 Å². The number of carbonyl (C=O) groups is 1. The van der Waals surface area contributed by atoms with Gasteiger partial charge in [0.25, 0.3) is 0 Å². The van der Waals surface area contributed by atoms with E-state index in [9.17, 15) is 4.79 Å². The Labute approximate surface area is 79.0 Å². The van der Waals surface area contributed by atoms with Crippen molar-refractivity contribution in [2.45, 2.75) is 26.7 Å². The average molecular weight is 181 g/mol. The van der Waals surface area contributed by atoms with Gasteiger partial charge in [-0.05, 0) is 18.8 Å². The van der Waals surface area contributed by atoms with Crippen LogP contribution in [0, 0.1) is 17.2 Å². The molecule has 0 unspecified atom stereocenters. The quantitative estimate of drug-likeness (QED) is 0.379. The third-order valence-corrected chi connectivity index (χ3v) is 1.98. The van der Waals surface area contributed by atoms with Gasteiger partial charge in [0.05, 0.1) is 7.11 Å². The number of rotatable bonds is 4. The number of nitrogens with zero attached hydrogens (tertiary/aromatic N) is 1. The minimum atomic E-state index is -0.547. The molecule has 72 valence electrons.